The molecule has 0 aliphatic heterocycles. The summed E-state index contributed by atoms with van der Waals surface area (Å²) in [4.78, 5) is 11.5. The lowest BCUT2D eigenvalue weighted by atomic mass is 10.3. The Kier molecular flexibility index (Phi) is 3.04. The second-order valence-corrected chi connectivity index (χ2v) is 3.34. The van der Waals surface area contributed by atoms with Crippen LogP contribution in [0.1, 0.15) is 21.9 Å². The summed E-state index contributed by atoms with van der Waals surface area (Å²) in [7, 11) is 0. The monoisotopic (exact) mass is 260 g/mol. The molecule has 0 aromatic carbocycles. The number of carbonyl (C=O) groups excluding carboxylic acids is 1. The van der Waals surface area contributed by atoms with Crippen molar-refractivity contribution in [2.75, 3.05) is 0 Å². The van der Waals surface area contributed by atoms with E-state index in [-0.39, 0.29) is 12.2 Å². The summed E-state index contributed by atoms with van der Waals surface area (Å²) in [5.41, 5.74) is -0.963. The average molecular weight is 260 g/mol. The lowest BCUT2D eigenvalue weighted by molar-refractivity contribution is -0.141. The molecular weight excluding hydrogens is 253 g/mol. The predicted molar refractivity (Wildman–Crippen MR) is 51.3 cm³/mol. The van der Waals surface area contributed by atoms with Crippen LogP contribution >= 0.6 is 0 Å². The van der Waals surface area contributed by atoms with Crippen LogP contribution in [0.5, 0.6) is 0 Å². The third-order valence-electron chi connectivity index (χ3n) is 2.04. The predicted octanol–water partition coefficient (Wildman–Crippen LogP) is 1.35. The third kappa shape index (κ3) is 2.67. The molecule has 2 aromatic rings. The molecule has 6 nitrogen and oxygen atoms in total. The highest BCUT2D eigenvalue weighted by Gasteiger charge is 2.33. The third-order valence-corrected chi connectivity index (χ3v) is 2.04. The van der Waals surface area contributed by atoms with Crippen LogP contribution in [0.3, 0.4) is 0 Å². The summed E-state index contributed by atoms with van der Waals surface area (Å²) in [6.45, 7) is 0.0452. The Hall–Kier alpha value is -2.32. The largest absolute Gasteiger partial charge is 0.432 e. The number of hydrogen-bond acceptors (Lipinski definition) is 4. The number of H-pyrrole nitrogens is 1. The van der Waals surface area contributed by atoms with Crippen LogP contribution < -0.4 is 5.32 Å². The van der Waals surface area contributed by atoms with Crippen LogP contribution in [0.4, 0.5) is 13.2 Å². The maximum absolute atomic E-state index is 12.2. The van der Waals surface area contributed by atoms with Gasteiger partial charge in [-0.2, -0.15) is 18.3 Å². The molecule has 2 rings (SSSR count). The molecule has 9 heteroatoms. The molecule has 0 saturated heterocycles. The minimum absolute atomic E-state index is 0.0452. The van der Waals surface area contributed by atoms with Gasteiger partial charge in [0.15, 0.2) is 5.69 Å². The van der Waals surface area contributed by atoms with E-state index in [1.165, 1.54) is 12.3 Å². The van der Waals surface area contributed by atoms with Crippen molar-refractivity contribution in [3.63, 3.8) is 0 Å². The number of halogens is 3. The Balaban J connectivity index is 1.99. The van der Waals surface area contributed by atoms with Gasteiger partial charge in [-0.05, 0) is 0 Å². The minimum Gasteiger partial charge on any atom is -0.364 e. The van der Waals surface area contributed by atoms with Crippen LogP contribution in [-0.2, 0) is 12.7 Å². The Morgan fingerprint density at radius 2 is 2.28 bits per heavy atom. The Morgan fingerprint density at radius 1 is 1.50 bits per heavy atom. The summed E-state index contributed by atoms with van der Waals surface area (Å²) >= 11 is 0. The number of carbonyl (C=O) groups is 1. The van der Waals surface area contributed by atoms with E-state index < -0.39 is 17.8 Å². The maximum Gasteiger partial charge on any atom is 0.432 e. The molecule has 2 aromatic heterocycles. The highest BCUT2D eigenvalue weighted by molar-refractivity contribution is 5.92. The first-order valence-corrected chi connectivity index (χ1v) is 4.77. The maximum atomic E-state index is 12.2. The topological polar surface area (TPSA) is 83.8 Å². The van der Waals surface area contributed by atoms with Crippen LogP contribution in [0, 0.1) is 0 Å². The molecule has 0 bridgehead atoms. The fourth-order valence-corrected chi connectivity index (χ4v) is 1.17. The highest BCUT2D eigenvalue weighted by atomic mass is 19.4. The smallest absolute Gasteiger partial charge is 0.364 e. The van der Waals surface area contributed by atoms with Gasteiger partial charge < -0.3 is 9.84 Å². The van der Waals surface area contributed by atoms with Crippen molar-refractivity contribution in [3.8, 4) is 0 Å². The summed E-state index contributed by atoms with van der Waals surface area (Å²) in [5, 5.41) is 10.9. The number of aromatic nitrogens is 3. The van der Waals surface area contributed by atoms with Crippen LogP contribution in [-0.4, -0.2) is 21.3 Å². The molecule has 2 N–H and O–H groups in total. The van der Waals surface area contributed by atoms with E-state index >= 15 is 0 Å². The standard InChI is InChI=1S/C9H7F3N4O2/c10-9(11,12)7-3-6(14-15-7)8(17)13-4-5-1-2-18-16-5/h1-3H,4H2,(H,13,17)(H,14,15). The Morgan fingerprint density at radius 3 is 2.83 bits per heavy atom. The Labute approximate surface area is 98.2 Å². The zero-order chi connectivity index (χ0) is 13.2. The fourth-order valence-electron chi connectivity index (χ4n) is 1.17. The lowest BCUT2D eigenvalue weighted by Crippen LogP contribution is -2.23. The molecule has 0 radical (unpaired) electrons. The van der Waals surface area contributed by atoms with Gasteiger partial charge in [-0.1, -0.05) is 5.16 Å². The van der Waals surface area contributed by atoms with Gasteiger partial charge in [0, 0.05) is 12.1 Å². The van der Waals surface area contributed by atoms with E-state index in [1.807, 2.05) is 0 Å². The molecule has 18 heavy (non-hydrogen) atoms. The fraction of sp³-hybridized carbons (Fsp3) is 0.222. The highest BCUT2D eigenvalue weighted by Crippen LogP contribution is 2.27. The molecular formula is C9H7F3N4O2. The van der Waals surface area contributed by atoms with Crippen molar-refractivity contribution in [3.05, 3.63) is 35.5 Å². The van der Waals surface area contributed by atoms with E-state index in [9.17, 15) is 18.0 Å². The van der Waals surface area contributed by atoms with Gasteiger partial charge in [-0.25, -0.2) is 0 Å². The number of nitrogens with one attached hydrogen (secondary N) is 2. The zero-order valence-electron chi connectivity index (χ0n) is 8.78. The van der Waals surface area contributed by atoms with E-state index in [0.29, 0.717) is 11.8 Å². The molecule has 1 amide bonds. The molecule has 0 unspecified atom stereocenters. The molecule has 0 atom stereocenters. The van der Waals surface area contributed by atoms with Gasteiger partial charge in [0.25, 0.3) is 5.91 Å². The second kappa shape index (κ2) is 4.51. The van der Waals surface area contributed by atoms with Crippen molar-refractivity contribution in [1.29, 1.82) is 0 Å². The van der Waals surface area contributed by atoms with Crippen molar-refractivity contribution < 1.29 is 22.5 Å². The van der Waals surface area contributed by atoms with Crippen LogP contribution in [0.2, 0.25) is 0 Å². The second-order valence-electron chi connectivity index (χ2n) is 3.34. The van der Waals surface area contributed by atoms with Crippen molar-refractivity contribution in [2.24, 2.45) is 0 Å². The van der Waals surface area contributed by atoms with E-state index in [4.69, 9.17) is 0 Å². The summed E-state index contributed by atoms with van der Waals surface area (Å²) in [6.07, 6.45) is -3.24. The zero-order valence-corrected chi connectivity index (χ0v) is 8.78. The van der Waals surface area contributed by atoms with Crippen molar-refractivity contribution in [2.45, 2.75) is 12.7 Å². The number of alkyl halides is 3. The van der Waals surface area contributed by atoms with Crippen molar-refractivity contribution in [1.82, 2.24) is 20.7 Å². The quantitative estimate of drug-likeness (QED) is 0.872. The van der Waals surface area contributed by atoms with Crippen LogP contribution in [0.25, 0.3) is 0 Å². The summed E-state index contributed by atoms with van der Waals surface area (Å²) in [6, 6.07) is 2.16. The average Bonchev–Trinajstić information content (AvgIpc) is 2.96. The molecule has 96 valence electrons. The van der Waals surface area contributed by atoms with Gasteiger partial charge >= 0.3 is 6.18 Å². The van der Waals surface area contributed by atoms with E-state index in [2.05, 4.69) is 20.1 Å². The Bertz CT molecular complexity index is 532. The van der Waals surface area contributed by atoms with Gasteiger partial charge in [-0.3, -0.25) is 9.89 Å². The first-order chi connectivity index (χ1) is 8.47. The van der Waals surface area contributed by atoms with Gasteiger partial charge in [0.05, 0.1) is 6.54 Å². The molecule has 0 aliphatic carbocycles. The molecule has 0 spiro atoms. The first kappa shape index (κ1) is 12.1. The lowest BCUT2D eigenvalue weighted by Gasteiger charge is -2.00. The van der Waals surface area contributed by atoms with E-state index in [1.54, 1.807) is 5.10 Å². The van der Waals surface area contributed by atoms with Crippen molar-refractivity contribution >= 4 is 5.91 Å². The molecule has 0 fully saturated rings. The van der Waals surface area contributed by atoms with Gasteiger partial charge in [-0.15, -0.1) is 0 Å². The molecule has 0 saturated carbocycles. The molecule has 2 heterocycles. The number of amides is 1. The summed E-state index contributed by atoms with van der Waals surface area (Å²) in [5.74, 6) is -0.732. The van der Waals surface area contributed by atoms with E-state index in [0.717, 1.165) is 0 Å². The summed E-state index contributed by atoms with van der Waals surface area (Å²) < 4.78 is 41.3. The first-order valence-electron chi connectivity index (χ1n) is 4.77. The SMILES string of the molecule is O=C(NCc1ccon1)c1cc(C(F)(F)F)[nH]n1. The van der Waals surface area contributed by atoms with Gasteiger partial charge in [0.2, 0.25) is 0 Å². The number of nitrogens with zero attached hydrogens (tertiary/aromatic N) is 2. The number of rotatable bonds is 3. The number of hydrogen-bond donors (Lipinski definition) is 2. The normalized spacial score (nSPS) is 11.5. The molecule has 0 aliphatic rings. The number of aromatic amines is 1. The van der Waals surface area contributed by atoms with Crippen LogP contribution in [0.15, 0.2) is 22.9 Å². The van der Waals surface area contributed by atoms with Gasteiger partial charge in [0.1, 0.15) is 17.7 Å². The minimum atomic E-state index is -4.56.